The number of hydrogen-bond acceptors (Lipinski definition) is 3. The summed E-state index contributed by atoms with van der Waals surface area (Å²) in [6, 6.07) is 2.67. The second kappa shape index (κ2) is 5.10. The molecule has 0 aliphatic carbocycles. The van der Waals surface area contributed by atoms with Crippen molar-refractivity contribution in [2.45, 2.75) is 18.9 Å². The molecule has 1 heterocycles. The lowest BCUT2D eigenvalue weighted by Crippen LogP contribution is -2.37. The van der Waals surface area contributed by atoms with Gasteiger partial charge >= 0.3 is 0 Å². The van der Waals surface area contributed by atoms with Gasteiger partial charge in [-0.2, -0.15) is 0 Å². The van der Waals surface area contributed by atoms with Gasteiger partial charge in [0, 0.05) is 25.3 Å². The molecule has 1 fully saturated rings. The summed E-state index contributed by atoms with van der Waals surface area (Å²) in [5, 5.41) is 0. The van der Waals surface area contributed by atoms with Gasteiger partial charge in [0.1, 0.15) is 5.69 Å². The van der Waals surface area contributed by atoms with Crippen LogP contribution in [-0.2, 0) is 0 Å². The Balaban J connectivity index is 2.16. The van der Waals surface area contributed by atoms with Gasteiger partial charge in [0.2, 0.25) is 0 Å². The van der Waals surface area contributed by atoms with Crippen LogP contribution in [0.3, 0.4) is 0 Å². The van der Waals surface area contributed by atoms with E-state index in [0.29, 0.717) is 12.6 Å². The zero-order valence-corrected chi connectivity index (χ0v) is 10.8. The summed E-state index contributed by atoms with van der Waals surface area (Å²) in [6.45, 7) is 1.67. The third-order valence-electron chi connectivity index (χ3n) is 3.58. The van der Waals surface area contributed by atoms with Gasteiger partial charge in [-0.05, 0) is 38.6 Å². The fourth-order valence-electron chi connectivity index (χ4n) is 2.57. The fourth-order valence-corrected chi connectivity index (χ4v) is 2.57. The third kappa shape index (κ3) is 2.56. The van der Waals surface area contributed by atoms with Crippen LogP contribution in [0.25, 0.3) is 0 Å². The van der Waals surface area contributed by atoms with E-state index in [1.165, 1.54) is 0 Å². The average molecular weight is 255 g/mol. The molecule has 2 rings (SSSR count). The van der Waals surface area contributed by atoms with Crippen molar-refractivity contribution in [1.29, 1.82) is 0 Å². The maximum atomic E-state index is 13.8. The number of likely N-dealkylation sites (N-methyl/N-ethyl adjacent to an activating group) is 2. The molecular formula is C13H19F2N3. The number of rotatable bonds is 3. The van der Waals surface area contributed by atoms with Crippen LogP contribution in [0.4, 0.5) is 20.2 Å². The van der Waals surface area contributed by atoms with E-state index in [9.17, 15) is 8.78 Å². The molecule has 0 saturated carbocycles. The molecular weight excluding hydrogens is 236 g/mol. The molecule has 18 heavy (non-hydrogen) atoms. The Morgan fingerprint density at radius 1 is 1.39 bits per heavy atom. The second-order valence-corrected chi connectivity index (χ2v) is 4.99. The normalized spacial score (nSPS) is 20.3. The van der Waals surface area contributed by atoms with Crippen LogP contribution < -0.4 is 10.6 Å². The molecule has 0 spiro atoms. The van der Waals surface area contributed by atoms with Gasteiger partial charge in [-0.3, -0.25) is 0 Å². The predicted octanol–water partition coefficient (Wildman–Crippen LogP) is 2.08. The smallest absolute Gasteiger partial charge is 0.151 e. The zero-order chi connectivity index (χ0) is 13.3. The first-order valence-corrected chi connectivity index (χ1v) is 6.15. The molecule has 5 heteroatoms. The van der Waals surface area contributed by atoms with Crippen molar-refractivity contribution in [2.24, 2.45) is 0 Å². The van der Waals surface area contributed by atoms with Crippen LogP contribution in [0.1, 0.15) is 12.8 Å². The summed E-state index contributed by atoms with van der Waals surface area (Å²) in [6.07, 6.45) is 2.21. The minimum atomic E-state index is -0.601. The lowest BCUT2D eigenvalue weighted by molar-refractivity contribution is 0.313. The quantitative estimate of drug-likeness (QED) is 0.839. The van der Waals surface area contributed by atoms with Crippen LogP contribution >= 0.6 is 0 Å². The van der Waals surface area contributed by atoms with E-state index in [0.717, 1.165) is 31.5 Å². The summed E-state index contributed by atoms with van der Waals surface area (Å²) in [4.78, 5) is 3.86. The van der Waals surface area contributed by atoms with E-state index in [1.807, 2.05) is 7.05 Å². The second-order valence-electron chi connectivity index (χ2n) is 4.99. The number of nitrogens with zero attached hydrogens (tertiary/aromatic N) is 2. The Labute approximate surface area is 106 Å². The van der Waals surface area contributed by atoms with Crippen LogP contribution in [0.15, 0.2) is 12.1 Å². The topological polar surface area (TPSA) is 32.5 Å². The Morgan fingerprint density at radius 3 is 2.50 bits per heavy atom. The molecule has 1 aromatic rings. The maximum absolute atomic E-state index is 13.8. The molecule has 0 amide bonds. The van der Waals surface area contributed by atoms with Crippen molar-refractivity contribution in [3.05, 3.63) is 23.8 Å². The Morgan fingerprint density at radius 2 is 2.00 bits per heavy atom. The van der Waals surface area contributed by atoms with Gasteiger partial charge in [0.05, 0.1) is 0 Å². The molecule has 1 aliphatic rings. The molecule has 1 saturated heterocycles. The highest BCUT2D eigenvalue weighted by Gasteiger charge is 2.24. The molecule has 1 aliphatic heterocycles. The van der Waals surface area contributed by atoms with E-state index in [1.54, 1.807) is 11.9 Å². The largest absolute Gasteiger partial charge is 0.399 e. The SMILES string of the molecule is CN(CC1CCCN1C)c1c(F)cc(N)cc1F. The first-order chi connectivity index (χ1) is 8.49. The number of hydrogen-bond donors (Lipinski definition) is 1. The molecule has 1 unspecified atom stereocenters. The third-order valence-corrected chi connectivity index (χ3v) is 3.58. The van der Waals surface area contributed by atoms with E-state index in [-0.39, 0.29) is 11.4 Å². The van der Waals surface area contributed by atoms with Gasteiger partial charge in [0.15, 0.2) is 11.6 Å². The monoisotopic (exact) mass is 255 g/mol. The molecule has 1 aromatic carbocycles. The Bertz CT molecular complexity index is 413. The number of anilines is 2. The summed E-state index contributed by atoms with van der Waals surface area (Å²) in [5.41, 5.74) is 5.52. The Hall–Kier alpha value is -1.36. The zero-order valence-electron chi connectivity index (χ0n) is 10.8. The van der Waals surface area contributed by atoms with Crippen molar-refractivity contribution in [3.63, 3.8) is 0 Å². The highest BCUT2D eigenvalue weighted by molar-refractivity contribution is 5.55. The van der Waals surface area contributed by atoms with Gasteiger partial charge < -0.3 is 15.5 Å². The van der Waals surface area contributed by atoms with Crippen LogP contribution in [0.5, 0.6) is 0 Å². The number of nitrogen functional groups attached to an aromatic ring is 1. The standard InChI is InChI=1S/C13H19F2N3/c1-17-5-3-4-10(17)8-18(2)13-11(14)6-9(16)7-12(13)15/h6-7,10H,3-5,8,16H2,1-2H3. The molecule has 0 radical (unpaired) electrons. The van der Waals surface area contributed by atoms with Gasteiger partial charge in [-0.15, -0.1) is 0 Å². The van der Waals surface area contributed by atoms with E-state index in [2.05, 4.69) is 4.90 Å². The van der Waals surface area contributed by atoms with Gasteiger partial charge in [-0.1, -0.05) is 0 Å². The summed E-state index contributed by atoms with van der Waals surface area (Å²) in [5.74, 6) is -1.20. The highest BCUT2D eigenvalue weighted by atomic mass is 19.1. The minimum absolute atomic E-state index is 0.00417. The van der Waals surface area contributed by atoms with E-state index in [4.69, 9.17) is 5.73 Å². The van der Waals surface area contributed by atoms with Crippen molar-refractivity contribution in [1.82, 2.24) is 4.90 Å². The average Bonchev–Trinajstić information content (AvgIpc) is 2.62. The van der Waals surface area contributed by atoms with Crippen molar-refractivity contribution in [3.8, 4) is 0 Å². The molecule has 0 bridgehead atoms. The number of nitrogens with two attached hydrogens (primary N) is 1. The summed E-state index contributed by atoms with van der Waals surface area (Å²) in [7, 11) is 3.76. The maximum Gasteiger partial charge on any atom is 0.151 e. The number of halogens is 2. The predicted molar refractivity (Wildman–Crippen MR) is 69.7 cm³/mol. The van der Waals surface area contributed by atoms with E-state index >= 15 is 0 Å². The van der Waals surface area contributed by atoms with Gasteiger partial charge in [0.25, 0.3) is 0 Å². The Kier molecular flexibility index (Phi) is 3.71. The van der Waals surface area contributed by atoms with Crippen LogP contribution in [0.2, 0.25) is 0 Å². The summed E-state index contributed by atoms with van der Waals surface area (Å²) < 4.78 is 27.5. The molecule has 1 atom stereocenters. The van der Waals surface area contributed by atoms with Gasteiger partial charge in [-0.25, -0.2) is 8.78 Å². The summed E-state index contributed by atoms with van der Waals surface area (Å²) >= 11 is 0. The molecule has 0 aromatic heterocycles. The van der Waals surface area contributed by atoms with Crippen molar-refractivity contribution < 1.29 is 8.78 Å². The van der Waals surface area contributed by atoms with Crippen molar-refractivity contribution >= 4 is 11.4 Å². The lowest BCUT2D eigenvalue weighted by Gasteiger charge is -2.27. The lowest BCUT2D eigenvalue weighted by atomic mass is 10.2. The molecule has 3 nitrogen and oxygen atoms in total. The first kappa shape index (κ1) is 13.1. The van der Waals surface area contributed by atoms with Crippen molar-refractivity contribution in [2.75, 3.05) is 37.8 Å². The molecule has 100 valence electrons. The fraction of sp³-hybridized carbons (Fsp3) is 0.538. The van der Waals surface area contributed by atoms with Crippen LogP contribution in [0, 0.1) is 11.6 Å². The molecule has 2 N–H and O–H groups in total. The van der Waals surface area contributed by atoms with Crippen LogP contribution in [-0.4, -0.2) is 38.1 Å². The highest BCUT2D eigenvalue weighted by Crippen LogP contribution is 2.26. The number of likely N-dealkylation sites (tertiary alicyclic amines) is 1. The number of benzene rings is 1. The first-order valence-electron chi connectivity index (χ1n) is 6.15. The minimum Gasteiger partial charge on any atom is -0.399 e. The van der Waals surface area contributed by atoms with E-state index < -0.39 is 11.6 Å².